The Morgan fingerprint density at radius 3 is 2.39 bits per heavy atom. The van der Waals surface area contributed by atoms with E-state index in [1.165, 1.54) is 30.6 Å². The fraction of sp³-hybridized carbons (Fsp3) is 0.531. The zero-order valence-electron chi connectivity index (χ0n) is 26.5. The number of ether oxygens (including phenoxy) is 1. The molecule has 2 aliphatic carbocycles. The zero-order valence-corrected chi connectivity index (χ0v) is 28.1. The molecule has 1 atom stereocenters. The first kappa shape index (κ1) is 33.7. The van der Waals surface area contributed by atoms with Gasteiger partial charge in [0.05, 0.1) is 11.0 Å². The lowest BCUT2D eigenvalue weighted by Gasteiger charge is -2.37. The van der Waals surface area contributed by atoms with Crippen LogP contribution in [-0.4, -0.2) is 48.5 Å². The van der Waals surface area contributed by atoms with E-state index in [9.17, 15) is 18.0 Å². The second-order valence-corrected chi connectivity index (χ2v) is 16.2. The number of urea groups is 1. The summed E-state index contributed by atoms with van der Waals surface area (Å²) in [6, 6.07) is 6.89. The van der Waals surface area contributed by atoms with Crippen LogP contribution in [0.3, 0.4) is 0 Å². The predicted octanol–water partition coefficient (Wildman–Crippen LogP) is 6.79. The maximum Gasteiger partial charge on any atom is 0.411 e. The van der Waals surface area contributed by atoms with Crippen LogP contribution in [0.5, 0.6) is 0 Å². The molecule has 1 heterocycles. The Balaban J connectivity index is 1.56. The van der Waals surface area contributed by atoms with E-state index in [1.54, 1.807) is 72.0 Å². The van der Waals surface area contributed by atoms with Crippen LogP contribution >= 0.6 is 11.3 Å². The minimum atomic E-state index is -3.92. The van der Waals surface area contributed by atoms with Crippen molar-refractivity contribution in [2.24, 2.45) is 5.92 Å². The molecule has 240 valence electrons. The molecule has 0 bridgehead atoms. The lowest BCUT2D eigenvalue weighted by molar-refractivity contribution is 0.130. The standard InChI is InChI=1S/C32H45N5O5S2/c1-21(2)42-30(39)36-24-14-12-23(13-15-24)28-33-20-27(43-28)26-17-16-25(18-32(26,6)44(40,41)37-31(3,4)5)35-29(38)34-19-22-10-8-7-9-11-22/h12-17,20-22,37H,7-11,18-19H2,1-6H3,(H,36,39)(H2,34,35,38). The van der Waals surface area contributed by atoms with Gasteiger partial charge < -0.3 is 15.4 Å². The number of amides is 3. The number of nitrogens with one attached hydrogen (secondary N) is 4. The molecule has 1 fully saturated rings. The Morgan fingerprint density at radius 1 is 1.07 bits per heavy atom. The summed E-state index contributed by atoms with van der Waals surface area (Å²) in [4.78, 5) is 30.0. The van der Waals surface area contributed by atoms with Crippen molar-refractivity contribution in [2.45, 2.75) is 96.5 Å². The van der Waals surface area contributed by atoms with Gasteiger partial charge in [0.25, 0.3) is 0 Å². The summed E-state index contributed by atoms with van der Waals surface area (Å²) in [6.45, 7) is 11.3. The molecule has 1 aromatic carbocycles. The third-order valence-electron chi connectivity index (χ3n) is 7.62. The summed E-state index contributed by atoms with van der Waals surface area (Å²) >= 11 is 1.38. The Labute approximate surface area is 265 Å². The van der Waals surface area contributed by atoms with E-state index in [-0.39, 0.29) is 18.6 Å². The normalized spacial score (nSPS) is 19.6. The highest BCUT2D eigenvalue weighted by Gasteiger charge is 2.47. The number of hydrogen-bond acceptors (Lipinski definition) is 7. The number of aromatic nitrogens is 1. The van der Waals surface area contributed by atoms with Crippen LogP contribution in [-0.2, 0) is 14.8 Å². The van der Waals surface area contributed by atoms with E-state index < -0.39 is 26.4 Å². The SMILES string of the molecule is CC(C)OC(=O)Nc1ccc(-c2ncc(C3=CC=C(NC(=O)NCC4CCCCC4)CC3(C)S(=O)(=O)NC(C)(C)C)s2)cc1. The minimum absolute atomic E-state index is 0.0845. The molecule has 4 N–H and O–H groups in total. The van der Waals surface area contributed by atoms with Gasteiger partial charge in [-0.25, -0.2) is 27.7 Å². The van der Waals surface area contributed by atoms with E-state index >= 15 is 0 Å². The maximum absolute atomic E-state index is 14.0. The lowest BCUT2D eigenvalue weighted by atomic mass is 9.89. The van der Waals surface area contributed by atoms with Gasteiger partial charge in [0, 0.05) is 41.6 Å². The van der Waals surface area contributed by atoms with Gasteiger partial charge in [-0.05, 0) is 96.2 Å². The number of rotatable bonds is 9. The zero-order chi connectivity index (χ0) is 32.1. The molecule has 2 aliphatic rings. The summed E-state index contributed by atoms with van der Waals surface area (Å²) in [5.74, 6) is 0.484. The smallest absolute Gasteiger partial charge is 0.411 e. The van der Waals surface area contributed by atoms with Gasteiger partial charge in [-0.15, -0.1) is 11.3 Å². The van der Waals surface area contributed by atoms with Crippen LogP contribution in [0.4, 0.5) is 15.3 Å². The molecule has 0 aliphatic heterocycles. The number of sulfonamides is 1. The van der Waals surface area contributed by atoms with E-state index in [2.05, 4.69) is 25.7 Å². The van der Waals surface area contributed by atoms with Crippen LogP contribution in [0.1, 0.15) is 84.9 Å². The summed E-state index contributed by atoms with van der Waals surface area (Å²) in [5, 5.41) is 9.28. The van der Waals surface area contributed by atoms with Crippen LogP contribution in [0.25, 0.3) is 16.1 Å². The number of thiazole rings is 1. The average molecular weight is 644 g/mol. The molecule has 0 radical (unpaired) electrons. The van der Waals surface area contributed by atoms with Gasteiger partial charge in [0.15, 0.2) is 0 Å². The number of benzene rings is 1. The summed E-state index contributed by atoms with van der Waals surface area (Å²) in [6.07, 6.45) is 10.4. The fourth-order valence-corrected chi connectivity index (χ4v) is 8.46. The lowest BCUT2D eigenvalue weighted by Crippen LogP contribution is -2.53. The molecule has 44 heavy (non-hydrogen) atoms. The van der Waals surface area contributed by atoms with Gasteiger partial charge in [-0.3, -0.25) is 5.32 Å². The molecule has 12 heteroatoms. The summed E-state index contributed by atoms with van der Waals surface area (Å²) in [7, 11) is -3.92. The number of hydrogen-bond donors (Lipinski definition) is 4. The first-order valence-electron chi connectivity index (χ1n) is 15.2. The Bertz CT molecular complexity index is 1500. The van der Waals surface area contributed by atoms with Crippen molar-refractivity contribution in [3.8, 4) is 10.6 Å². The second kappa shape index (κ2) is 13.8. The van der Waals surface area contributed by atoms with Gasteiger partial charge in [-0.2, -0.15) is 0 Å². The van der Waals surface area contributed by atoms with Crippen LogP contribution in [0.2, 0.25) is 0 Å². The monoisotopic (exact) mass is 643 g/mol. The van der Waals surface area contributed by atoms with Crippen molar-refractivity contribution in [3.05, 3.63) is 53.2 Å². The van der Waals surface area contributed by atoms with Gasteiger partial charge in [0.2, 0.25) is 10.0 Å². The van der Waals surface area contributed by atoms with E-state index in [1.807, 2.05) is 12.1 Å². The van der Waals surface area contributed by atoms with Crippen LogP contribution < -0.4 is 20.7 Å². The number of allylic oxidation sites excluding steroid dienone is 3. The maximum atomic E-state index is 14.0. The summed E-state index contributed by atoms with van der Waals surface area (Å²) < 4.78 is 34.5. The molecule has 4 rings (SSSR count). The van der Waals surface area contributed by atoms with Gasteiger partial charge in [-0.1, -0.05) is 25.3 Å². The first-order valence-corrected chi connectivity index (χ1v) is 17.5. The van der Waals surface area contributed by atoms with Gasteiger partial charge in [0.1, 0.15) is 9.75 Å². The highest BCUT2D eigenvalue weighted by molar-refractivity contribution is 7.91. The average Bonchev–Trinajstić information content (AvgIpc) is 3.41. The first-order chi connectivity index (χ1) is 20.6. The molecule has 1 unspecified atom stereocenters. The molecule has 2 aromatic rings. The molecule has 0 saturated heterocycles. The molecule has 1 saturated carbocycles. The molecule has 3 amide bonds. The van der Waals surface area contributed by atoms with Crippen LogP contribution in [0.15, 0.2) is 48.3 Å². The van der Waals surface area contributed by atoms with Crippen molar-refractivity contribution in [3.63, 3.8) is 0 Å². The fourth-order valence-electron chi connectivity index (χ4n) is 5.47. The Hall–Kier alpha value is -3.22. The van der Waals surface area contributed by atoms with Gasteiger partial charge >= 0.3 is 12.1 Å². The van der Waals surface area contributed by atoms with Crippen molar-refractivity contribution >= 4 is 44.7 Å². The minimum Gasteiger partial charge on any atom is -0.447 e. The topological polar surface area (TPSA) is 139 Å². The molecular formula is C32H45N5O5S2. The third-order valence-corrected chi connectivity index (χ3v) is 11.1. The number of anilines is 1. The summed E-state index contributed by atoms with van der Waals surface area (Å²) in [5.41, 5.74) is 1.84. The number of nitrogens with zero attached hydrogens (tertiary/aromatic N) is 1. The van der Waals surface area contributed by atoms with Crippen LogP contribution in [0, 0.1) is 5.92 Å². The van der Waals surface area contributed by atoms with Crippen molar-refractivity contribution in [1.29, 1.82) is 0 Å². The number of carbonyl (C=O) groups is 2. The highest BCUT2D eigenvalue weighted by Crippen LogP contribution is 2.44. The molecular weight excluding hydrogens is 599 g/mol. The Kier molecular flexibility index (Phi) is 10.6. The van der Waals surface area contributed by atoms with E-state index in [0.717, 1.165) is 18.4 Å². The number of carbonyl (C=O) groups excluding carboxylic acids is 2. The van der Waals surface area contributed by atoms with Crippen molar-refractivity contribution in [2.75, 3.05) is 11.9 Å². The predicted molar refractivity (Wildman–Crippen MR) is 177 cm³/mol. The van der Waals surface area contributed by atoms with E-state index in [0.29, 0.717) is 39.3 Å². The second-order valence-electron chi connectivity index (χ2n) is 13.1. The molecule has 1 aromatic heterocycles. The third kappa shape index (κ3) is 8.70. The molecule has 10 nitrogen and oxygen atoms in total. The largest absolute Gasteiger partial charge is 0.447 e. The van der Waals surface area contributed by atoms with Crippen molar-refractivity contribution in [1.82, 2.24) is 20.3 Å². The molecule has 0 spiro atoms. The quantitative estimate of drug-likeness (QED) is 0.237. The van der Waals surface area contributed by atoms with E-state index in [4.69, 9.17) is 4.74 Å². The highest BCUT2D eigenvalue weighted by atomic mass is 32.2. The van der Waals surface area contributed by atoms with Crippen molar-refractivity contribution < 1.29 is 22.7 Å². The Morgan fingerprint density at radius 2 is 1.75 bits per heavy atom.